The van der Waals surface area contributed by atoms with Crippen LogP contribution in [0.3, 0.4) is 0 Å². The number of carbonyl (C=O) groups is 1. The number of fused-ring (bicyclic) bond motifs is 1. The minimum absolute atomic E-state index is 0.000935. The van der Waals surface area contributed by atoms with Crippen LogP contribution in [-0.2, 0) is 6.42 Å². The van der Waals surface area contributed by atoms with E-state index in [1.54, 1.807) is 6.07 Å². The van der Waals surface area contributed by atoms with Crippen molar-refractivity contribution in [2.45, 2.75) is 26.7 Å². The van der Waals surface area contributed by atoms with Crippen LogP contribution in [-0.4, -0.2) is 11.1 Å². The molecule has 17 heavy (non-hydrogen) atoms. The number of hydrogen-bond donors (Lipinski definition) is 1. The molecule has 1 aromatic carbocycles. The van der Waals surface area contributed by atoms with Gasteiger partial charge in [-0.15, -0.1) is 0 Å². The topological polar surface area (TPSA) is 50.4 Å². The summed E-state index contributed by atoms with van der Waals surface area (Å²) in [7, 11) is 0. The molecule has 2 aromatic rings. The van der Waals surface area contributed by atoms with E-state index < -0.39 is 5.97 Å². The molecular formula is C14H16O3. The molecule has 3 heteroatoms. The van der Waals surface area contributed by atoms with Crippen LogP contribution in [0.15, 0.2) is 28.7 Å². The smallest absolute Gasteiger partial charge is 0.371 e. The number of furan rings is 1. The van der Waals surface area contributed by atoms with Crippen molar-refractivity contribution in [3.63, 3.8) is 0 Å². The summed E-state index contributed by atoms with van der Waals surface area (Å²) < 4.78 is 5.21. The van der Waals surface area contributed by atoms with Crippen molar-refractivity contribution >= 4 is 16.9 Å². The van der Waals surface area contributed by atoms with Gasteiger partial charge in [-0.25, -0.2) is 4.79 Å². The number of rotatable bonds is 4. The van der Waals surface area contributed by atoms with Gasteiger partial charge in [0.15, 0.2) is 0 Å². The molecule has 3 nitrogen and oxygen atoms in total. The molecule has 0 atom stereocenters. The Bertz CT molecular complexity index is 537. The van der Waals surface area contributed by atoms with Crippen LogP contribution in [0, 0.1) is 5.92 Å². The van der Waals surface area contributed by atoms with Gasteiger partial charge in [0.2, 0.25) is 5.76 Å². The summed E-state index contributed by atoms with van der Waals surface area (Å²) in [5.41, 5.74) is 1.86. The Hall–Kier alpha value is -1.77. The Balaban J connectivity index is 2.27. The Morgan fingerprint density at radius 3 is 2.76 bits per heavy atom. The van der Waals surface area contributed by atoms with E-state index in [2.05, 4.69) is 13.8 Å². The molecule has 0 unspecified atom stereocenters. The maximum Gasteiger partial charge on any atom is 0.371 e. The van der Waals surface area contributed by atoms with E-state index >= 15 is 0 Å². The quantitative estimate of drug-likeness (QED) is 0.874. The predicted molar refractivity (Wildman–Crippen MR) is 66.3 cm³/mol. The fraction of sp³-hybridized carbons (Fsp3) is 0.357. The summed E-state index contributed by atoms with van der Waals surface area (Å²) >= 11 is 0. The fourth-order valence-electron chi connectivity index (χ4n) is 1.81. The van der Waals surface area contributed by atoms with Crippen molar-refractivity contribution in [2.75, 3.05) is 0 Å². The largest absolute Gasteiger partial charge is 0.475 e. The molecule has 0 aliphatic heterocycles. The zero-order valence-electron chi connectivity index (χ0n) is 10.1. The van der Waals surface area contributed by atoms with E-state index in [0.717, 1.165) is 18.2 Å². The van der Waals surface area contributed by atoms with Crippen LogP contribution >= 0.6 is 0 Å². The average Bonchev–Trinajstić information content (AvgIpc) is 2.69. The summed E-state index contributed by atoms with van der Waals surface area (Å²) in [6.07, 6.45) is 2.15. The van der Waals surface area contributed by atoms with Gasteiger partial charge < -0.3 is 9.52 Å². The maximum atomic E-state index is 10.8. The number of benzene rings is 1. The third-order valence-corrected chi connectivity index (χ3v) is 2.80. The summed E-state index contributed by atoms with van der Waals surface area (Å²) in [5.74, 6) is -0.351. The number of hydrogen-bond acceptors (Lipinski definition) is 2. The van der Waals surface area contributed by atoms with E-state index in [-0.39, 0.29) is 5.76 Å². The molecule has 0 bridgehead atoms. The van der Waals surface area contributed by atoms with E-state index in [9.17, 15) is 4.79 Å². The second kappa shape index (κ2) is 4.62. The second-order valence-electron chi connectivity index (χ2n) is 4.72. The number of aryl methyl sites for hydroxylation is 1. The molecular weight excluding hydrogens is 216 g/mol. The minimum atomic E-state index is -1.02. The Morgan fingerprint density at radius 1 is 1.35 bits per heavy atom. The van der Waals surface area contributed by atoms with E-state index in [1.807, 2.05) is 18.2 Å². The molecule has 1 N–H and O–H groups in total. The molecule has 0 radical (unpaired) electrons. The van der Waals surface area contributed by atoms with Crippen molar-refractivity contribution in [3.8, 4) is 0 Å². The summed E-state index contributed by atoms with van der Waals surface area (Å²) in [6.45, 7) is 4.39. The molecule has 2 rings (SSSR count). The Kier molecular flexibility index (Phi) is 3.18. The number of aromatic carboxylic acids is 1. The molecule has 0 amide bonds. The van der Waals surface area contributed by atoms with Gasteiger partial charge in [-0.05, 0) is 42.5 Å². The summed E-state index contributed by atoms with van der Waals surface area (Å²) in [6, 6.07) is 7.43. The van der Waals surface area contributed by atoms with Crippen LogP contribution in [0.5, 0.6) is 0 Å². The first-order chi connectivity index (χ1) is 8.06. The fourth-order valence-corrected chi connectivity index (χ4v) is 1.81. The summed E-state index contributed by atoms with van der Waals surface area (Å²) in [5, 5.41) is 9.70. The third kappa shape index (κ3) is 2.67. The van der Waals surface area contributed by atoms with E-state index in [4.69, 9.17) is 9.52 Å². The van der Waals surface area contributed by atoms with Gasteiger partial charge in [0, 0.05) is 5.39 Å². The Labute approximate surface area is 100 Å². The van der Waals surface area contributed by atoms with Crippen LogP contribution in [0.25, 0.3) is 11.0 Å². The van der Waals surface area contributed by atoms with Crippen molar-refractivity contribution in [1.29, 1.82) is 0 Å². The lowest BCUT2D eigenvalue weighted by Crippen LogP contribution is -1.91. The predicted octanol–water partition coefficient (Wildman–Crippen LogP) is 3.72. The molecule has 1 heterocycles. The zero-order valence-corrected chi connectivity index (χ0v) is 10.1. The first kappa shape index (κ1) is 11.7. The van der Waals surface area contributed by atoms with E-state index in [1.165, 1.54) is 5.56 Å². The van der Waals surface area contributed by atoms with Crippen LogP contribution in [0.1, 0.15) is 36.4 Å². The average molecular weight is 232 g/mol. The van der Waals surface area contributed by atoms with Crippen molar-refractivity contribution in [3.05, 3.63) is 35.6 Å². The SMILES string of the molecule is CC(C)CCc1ccc2oc(C(=O)O)cc2c1. The monoisotopic (exact) mass is 232 g/mol. The van der Waals surface area contributed by atoms with Crippen LogP contribution < -0.4 is 0 Å². The first-order valence-electron chi connectivity index (χ1n) is 5.82. The second-order valence-corrected chi connectivity index (χ2v) is 4.72. The van der Waals surface area contributed by atoms with Gasteiger partial charge in [-0.1, -0.05) is 19.9 Å². The highest BCUT2D eigenvalue weighted by Crippen LogP contribution is 2.22. The number of carboxylic acid groups (broad SMARTS) is 1. The van der Waals surface area contributed by atoms with Gasteiger partial charge in [-0.3, -0.25) is 0 Å². The highest BCUT2D eigenvalue weighted by atomic mass is 16.4. The van der Waals surface area contributed by atoms with Crippen molar-refractivity contribution in [2.24, 2.45) is 5.92 Å². The van der Waals surface area contributed by atoms with Gasteiger partial charge in [0.25, 0.3) is 0 Å². The van der Waals surface area contributed by atoms with Crippen molar-refractivity contribution < 1.29 is 14.3 Å². The zero-order chi connectivity index (χ0) is 12.4. The van der Waals surface area contributed by atoms with Gasteiger partial charge in [0.05, 0.1) is 0 Å². The maximum absolute atomic E-state index is 10.8. The van der Waals surface area contributed by atoms with Gasteiger partial charge in [-0.2, -0.15) is 0 Å². The normalized spacial score (nSPS) is 11.2. The lowest BCUT2D eigenvalue weighted by atomic mass is 10.0. The number of carboxylic acids is 1. The summed E-state index contributed by atoms with van der Waals surface area (Å²) in [4.78, 5) is 10.8. The van der Waals surface area contributed by atoms with Gasteiger partial charge >= 0.3 is 5.97 Å². The standard InChI is InChI=1S/C14H16O3/c1-9(2)3-4-10-5-6-12-11(7-10)8-13(17-12)14(15)16/h5-9H,3-4H2,1-2H3,(H,15,16). The van der Waals surface area contributed by atoms with E-state index in [0.29, 0.717) is 11.5 Å². The molecule has 0 fully saturated rings. The van der Waals surface area contributed by atoms with Crippen LogP contribution in [0.2, 0.25) is 0 Å². The molecule has 0 saturated heterocycles. The molecule has 1 aromatic heterocycles. The highest BCUT2D eigenvalue weighted by molar-refractivity contribution is 5.91. The van der Waals surface area contributed by atoms with Gasteiger partial charge in [0.1, 0.15) is 5.58 Å². The lowest BCUT2D eigenvalue weighted by molar-refractivity contribution is 0.0665. The molecule has 0 saturated carbocycles. The van der Waals surface area contributed by atoms with Crippen molar-refractivity contribution in [1.82, 2.24) is 0 Å². The molecule has 0 spiro atoms. The third-order valence-electron chi connectivity index (χ3n) is 2.80. The molecule has 0 aliphatic rings. The minimum Gasteiger partial charge on any atom is -0.475 e. The molecule has 90 valence electrons. The molecule has 0 aliphatic carbocycles. The lowest BCUT2D eigenvalue weighted by Gasteiger charge is -2.04. The first-order valence-corrected chi connectivity index (χ1v) is 5.82. The van der Waals surface area contributed by atoms with Crippen LogP contribution in [0.4, 0.5) is 0 Å². The Morgan fingerprint density at radius 2 is 2.12 bits per heavy atom. The highest BCUT2D eigenvalue weighted by Gasteiger charge is 2.10.